The molecule has 0 aromatic heterocycles. The predicted octanol–water partition coefficient (Wildman–Crippen LogP) is 4.35. The van der Waals surface area contributed by atoms with Gasteiger partial charge in [-0.3, -0.25) is 0 Å². The van der Waals surface area contributed by atoms with Crippen LogP contribution in [0.2, 0.25) is 0 Å². The van der Waals surface area contributed by atoms with E-state index in [-0.39, 0.29) is 0 Å². The number of hydrogen-bond donors (Lipinski definition) is 0. The van der Waals surface area contributed by atoms with Crippen LogP contribution in [0.15, 0.2) is 54.6 Å². The highest BCUT2D eigenvalue weighted by atomic mass is 14.3. The minimum absolute atomic E-state index is 0.873. The third kappa shape index (κ3) is 2.76. The Kier molecular flexibility index (Phi) is 2.96. The van der Waals surface area contributed by atoms with Gasteiger partial charge in [-0.15, -0.1) is 0 Å². The largest absolute Gasteiger partial charge is 0.0622 e. The summed E-state index contributed by atoms with van der Waals surface area (Å²) in [5.41, 5.74) is 4.42. The molecule has 0 amide bonds. The summed E-state index contributed by atoms with van der Waals surface area (Å²) in [4.78, 5) is 0. The van der Waals surface area contributed by atoms with E-state index in [1.54, 1.807) is 0 Å². The molecule has 0 spiro atoms. The zero-order valence-corrected chi connectivity index (χ0v) is 10.1. The molecule has 0 N–H and O–H groups in total. The zero-order valence-electron chi connectivity index (χ0n) is 10.1. The average Bonchev–Trinajstić information content (AvgIpc) is 3.23. The van der Waals surface area contributed by atoms with Gasteiger partial charge in [0.2, 0.25) is 0 Å². The monoisotopic (exact) mass is 222 g/mol. The second kappa shape index (κ2) is 4.75. The smallest absolute Gasteiger partial charge is 0.0162 e. The van der Waals surface area contributed by atoms with Gasteiger partial charge >= 0.3 is 0 Å². The van der Waals surface area contributed by atoms with Crippen molar-refractivity contribution in [1.29, 1.82) is 0 Å². The van der Waals surface area contributed by atoms with Crippen molar-refractivity contribution in [3.05, 3.63) is 71.3 Å². The van der Waals surface area contributed by atoms with Crippen molar-refractivity contribution in [3.8, 4) is 0 Å². The average molecular weight is 222 g/mol. The first-order chi connectivity index (χ1) is 8.42. The lowest BCUT2D eigenvalue weighted by atomic mass is 10.0. The zero-order chi connectivity index (χ0) is 11.5. The molecule has 0 atom stereocenters. The lowest BCUT2D eigenvalue weighted by Gasteiger charge is -2.03. The number of rotatable bonds is 4. The van der Waals surface area contributed by atoms with E-state index in [1.165, 1.54) is 29.5 Å². The molecule has 1 saturated carbocycles. The third-order valence-electron chi connectivity index (χ3n) is 3.57. The highest BCUT2D eigenvalue weighted by molar-refractivity contribution is 5.28. The molecule has 3 rings (SSSR count). The molecular weight excluding hydrogens is 204 g/mol. The van der Waals surface area contributed by atoms with Crippen molar-refractivity contribution in [2.45, 2.75) is 31.6 Å². The third-order valence-corrected chi connectivity index (χ3v) is 3.57. The Bertz CT molecular complexity index is 463. The molecule has 1 fully saturated rings. The molecule has 86 valence electrons. The van der Waals surface area contributed by atoms with E-state index < -0.39 is 0 Å². The van der Waals surface area contributed by atoms with Gasteiger partial charge in [0, 0.05) is 0 Å². The van der Waals surface area contributed by atoms with E-state index in [2.05, 4.69) is 54.6 Å². The normalized spacial score (nSPS) is 14.8. The maximum atomic E-state index is 2.32. The minimum atomic E-state index is 0.873. The Morgan fingerprint density at radius 3 is 1.88 bits per heavy atom. The van der Waals surface area contributed by atoms with Gasteiger partial charge < -0.3 is 0 Å². The summed E-state index contributed by atoms with van der Waals surface area (Å²) in [5, 5.41) is 0. The molecule has 0 nitrogen and oxygen atoms in total. The highest BCUT2D eigenvalue weighted by Gasteiger charge is 2.22. The van der Waals surface area contributed by atoms with Gasteiger partial charge in [-0.05, 0) is 48.3 Å². The van der Waals surface area contributed by atoms with Gasteiger partial charge in [-0.25, -0.2) is 0 Å². The molecule has 0 aliphatic heterocycles. The van der Waals surface area contributed by atoms with Crippen LogP contribution in [-0.2, 0) is 12.8 Å². The Morgan fingerprint density at radius 2 is 1.29 bits per heavy atom. The molecule has 17 heavy (non-hydrogen) atoms. The molecule has 0 saturated heterocycles. The summed E-state index contributed by atoms with van der Waals surface area (Å²) in [7, 11) is 0. The van der Waals surface area contributed by atoms with Crippen LogP contribution in [0, 0.1) is 0 Å². The molecule has 0 radical (unpaired) electrons. The predicted molar refractivity (Wildman–Crippen MR) is 72.3 cm³/mol. The van der Waals surface area contributed by atoms with Gasteiger partial charge in [0.1, 0.15) is 0 Å². The van der Waals surface area contributed by atoms with Gasteiger partial charge in [-0.1, -0.05) is 54.6 Å². The quantitative estimate of drug-likeness (QED) is 0.721. The van der Waals surface area contributed by atoms with Crippen molar-refractivity contribution < 1.29 is 0 Å². The first-order valence-corrected chi connectivity index (χ1v) is 6.54. The fourth-order valence-electron chi connectivity index (χ4n) is 2.31. The van der Waals surface area contributed by atoms with Crippen LogP contribution >= 0.6 is 0 Å². The topological polar surface area (TPSA) is 0 Å². The lowest BCUT2D eigenvalue weighted by Crippen LogP contribution is -1.91. The summed E-state index contributed by atoms with van der Waals surface area (Å²) in [6.45, 7) is 0. The standard InChI is InChI=1S/C17H18/c1-2-4-14(5-3-1)6-7-15-8-10-16(11-9-15)17-12-13-17/h1-5,8-11,17H,6-7,12-13H2. The molecular formula is C17H18. The van der Waals surface area contributed by atoms with E-state index in [0.717, 1.165) is 18.8 Å². The summed E-state index contributed by atoms with van der Waals surface area (Å²) in [6, 6.07) is 20.0. The summed E-state index contributed by atoms with van der Waals surface area (Å²) in [6.07, 6.45) is 5.07. The van der Waals surface area contributed by atoms with Crippen molar-refractivity contribution in [1.82, 2.24) is 0 Å². The Balaban J connectivity index is 1.61. The molecule has 2 aromatic carbocycles. The lowest BCUT2D eigenvalue weighted by molar-refractivity contribution is 0.957. The van der Waals surface area contributed by atoms with Crippen molar-refractivity contribution in [2.75, 3.05) is 0 Å². The van der Waals surface area contributed by atoms with Crippen LogP contribution in [0.5, 0.6) is 0 Å². The van der Waals surface area contributed by atoms with Crippen molar-refractivity contribution in [3.63, 3.8) is 0 Å². The molecule has 0 heteroatoms. The first-order valence-electron chi connectivity index (χ1n) is 6.54. The summed E-state index contributed by atoms with van der Waals surface area (Å²) >= 11 is 0. The molecule has 0 heterocycles. The van der Waals surface area contributed by atoms with Crippen LogP contribution in [0.3, 0.4) is 0 Å². The second-order valence-electron chi connectivity index (χ2n) is 5.00. The van der Waals surface area contributed by atoms with Crippen LogP contribution in [0.25, 0.3) is 0 Å². The minimum Gasteiger partial charge on any atom is -0.0622 e. The molecule has 1 aliphatic rings. The van der Waals surface area contributed by atoms with Crippen molar-refractivity contribution >= 4 is 0 Å². The van der Waals surface area contributed by atoms with E-state index in [0.29, 0.717) is 0 Å². The number of benzene rings is 2. The van der Waals surface area contributed by atoms with Gasteiger partial charge in [0.05, 0.1) is 0 Å². The fraction of sp³-hybridized carbons (Fsp3) is 0.294. The maximum Gasteiger partial charge on any atom is -0.0162 e. The highest BCUT2D eigenvalue weighted by Crippen LogP contribution is 2.39. The van der Waals surface area contributed by atoms with E-state index in [4.69, 9.17) is 0 Å². The molecule has 1 aliphatic carbocycles. The van der Waals surface area contributed by atoms with Gasteiger partial charge in [0.25, 0.3) is 0 Å². The van der Waals surface area contributed by atoms with Crippen LogP contribution < -0.4 is 0 Å². The van der Waals surface area contributed by atoms with Crippen LogP contribution in [0.4, 0.5) is 0 Å². The van der Waals surface area contributed by atoms with Crippen LogP contribution in [0.1, 0.15) is 35.4 Å². The summed E-state index contributed by atoms with van der Waals surface area (Å²) < 4.78 is 0. The van der Waals surface area contributed by atoms with Gasteiger partial charge in [0.15, 0.2) is 0 Å². The fourth-order valence-corrected chi connectivity index (χ4v) is 2.31. The second-order valence-corrected chi connectivity index (χ2v) is 5.00. The van der Waals surface area contributed by atoms with Crippen molar-refractivity contribution in [2.24, 2.45) is 0 Å². The number of aryl methyl sites for hydroxylation is 2. The molecule has 0 unspecified atom stereocenters. The Morgan fingerprint density at radius 1 is 0.706 bits per heavy atom. The van der Waals surface area contributed by atoms with E-state index >= 15 is 0 Å². The summed E-state index contributed by atoms with van der Waals surface area (Å²) in [5.74, 6) is 0.873. The SMILES string of the molecule is c1ccc(CCc2ccc(C3CC3)cc2)cc1. The maximum absolute atomic E-state index is 2.32. The molecule has 0 bridgehead atoms. The number of hydrogen-bond acceptors (Lipinski definition) is 0. The van der Waals surface area contributed by atoms with E-state index in [9.17, 15) is 0 Å². The Labute approximate surface area is 103 Å². The molecule has 2 aromatic rings. The van der Waals surface area contributed by atoms with Crippen LogP contribution in [-0.4, -0.2) is 0 Å². The Hall–Kier alpha value is -1.56. The van der Waals surface area contributed by atoms with E-state index in [1.807, 2.05) is 0 Å². The first kappa shape index (κ1) is 10.6. The van der Waals surface area contributed by atoms with Gasteiger partial charge in [-0.2, -0.15) is 0 Å².